The molecule has 0 radical (unpaired) electrons. The summed E-state index contributed by atoms with van der Waals surface area (Å²) in [6, 6.07) is 62.8. The van der Waals surface area contributed by atoms with Crippen LogP contribution in [0.2, 0.25) is 0 Å². The Morgan fingerprint density at radius 1 is 0.348 bits per heavy atom. The Labute approximate surface area is 267 Å². The number of benzene rings is 8. The summed E-state index contributed by atoms with van der Waals surface area (Å²) in [7, 11) is 0. The number of anilines is 3. The third-order valence-electron chi connectivity index (χ3n) is 9.04. The van der Waals surface area contributed by atoms with Gasteiger partial charge in [-0.15, -0.1) is 0 Å². The number of nitrogens with zero attached hydrogens (tertiary/aromatic N) is 1. The van der Waals surface area contributed by atoms with Gasteiger partial charge in [0.1, 0.15) is 11.2 Å². The van der Waals surface area contributed by atoms with Gasteiger partial charge >= 0.3 is 0 Å². The van der Waals surface area contributed by atoms with Gasteiger partial charge in [-0.25, -0.2) is 0 Å². The van der Waals surface area contributed by atoms with Gasteiger partial charge in [0, 0.05) is 27.5 Å². The fourth-order valence-electron chi connectivity index (χ4n) is 6.79. The van der Waals surface area contributed by atoms with E-state index in [0.717, 1.165) is 39.0 Å². The van der Waals surface area contributed by atoms with E-state index in [2.05, 4.69) is 169 Å². The van der Waals surface area contributed by atoms with Crippen molar-refractivity contribution in [3.63, 3.8) is 0 Å². The molecule has 0 saturated heterocycles. The topological polar surface area (TPSA) is 16.4 Å². The van der Waals surface area contributed by atoms with Crippen LogP contribution in [0.25, 0.3) is 65.7 Å². The molecule has 0 fully saturated rings. The Morgan fingerprint density at radius 2 is 0.913 bits per heavy atom. The highest BCUT2D eigenvalue weighted by molar-refractivity contribution is 6.20. The molecule has 0 atom stereocenters. The molecule has 216 valence electrons. The van der Waals surface area contributed by atoms with E-state index in [1.807, 2.05) is 12.1 Å². The van der Waals surface area contributed by atoms with Crippen molar-refractivity contribution in [2.24, 2.45) is 0 Å². The lowest BCUT2D eigenvalue weighted by Crippen LogP contribution is -2.10. The molecule has 0 spiro atoms. The fourth-order valence-corrected chi connectivity index (χ4v) is 6.79. The molecule has 0 aliphatic carbocycles. The first kappa shape index (κ1) is 26.3. The standard InChI is InChI=1S/C44H29NO/c1-3-10-30(11-4-1)32-20-24-36(25-21-32)45(37-26-22-33(23-27-37)31-12-5-2-6-13-31)41-16-9-14-34-18-19-35-28-40-38-15-7-8-17-42(38)46-43(40)29-39(35)44(34)41/h1-29H. The number of fused-ring (bicyclic) bond motifs is 6. The Kier molecular flexibility index (Phi) is 6.17. The molecule has 0 bridgehead atoms. The largest absolute Gasteiger partial charge is 0.456 e. The zero-order valence-electron chi connectivity index (χ0n) is 25.1. The van der Waals surface area contributed by atoms with Crippen LogP contribution in [0.4, 0.5) is 17.1 Å². The average Bonchev–Trinajstić information content (AvgIpc) is 3.49. The van der Waals surface area contributed by atoms with E-state index in [9.17, 15) is 0 Å². The van der Waals surface area contributed by atoms with Crippen molar-refractivity contribution in [2.75, 3.05) is 4.90 Å². The highest BCUT2D eigenvalue weighted by Gasteiger charge is 2.19. The van der Waals surface area contributed by atoms with E-state index < -0.39 is 0 Å². The lowest BCUT2D eigenvalue weighted by molar-refractivity contribution is 0.669. The van der Waals surface area contributed by atoms with E-state index in [-0.39, 0.29) is 0 Å². The maximum absolute atomic E-state index is 6.38. The Bertz CT molecular complexity index is 2410. The van der Waals surface area contributed by atoms with Gasteiger partial charge in [-0.3, -0.25) is 0 Å². The minimum absolute atomic E-state index is 0.905. The van der Waals surface area contributed by atoms with Gasteiger partial charge in [0.2, 0.25) is 0 Å². The number of hydrogen-bond donors (Lipinski definition) is 0. The Morgan fingerprint density at radius 3 is 1.57 bits per heavy atom. The SMILES string of the molecule is c1ccc(-c2ccc(N(c3ccc(-c4ccccc4)cc3)c3cccc4ccc5cc6c(cc5c34)oc3ccccc36)cc2)cc1. The molecule has 8 aromatic carbocycles. The third kappa shape index (κ3) is 4.43. The average molecular weight is 588 g/mol. The molecule has 9 rings (SSSR count). The Balaban J connectivity index is 1.27. The molecular weight excluding hydrogens is 558 g/mol. The second-order valence-corrected chi connectivity index (χ2v) is 11.8. The van der Waals surface area contributed by atoms with Crippen LogP contribution in [0.3, 0.4) is 0 Å². The minimum Gasteiger partial charge on any atom is -0.456 e. The van der Waals surface area contributed by atoms with Crippen molar-refractivity contribution in [3.8, 4) is 22.3 Å². The van der Waals surface area contributed by atoms with Gasteiger partial charge < -0.3 is 9.32 Å². The lowest BCUT2D eigenvalue weighted by Gasteiger charge is -2.28. The van der Waals surface area contributed by atoms with Crippen LogP contribution in [-0.2, 0) is 0 Å². The van der Waals surface area contributed by atoms with Gasteiger partial charge in [0.25, 0.3) is 0 Å². The smallest absolute Gasteiger partial charge is 0.136 e. The van der Waals surface area contributed by atoms with Crippen molar-refractivity contribution in [2.45, 2.75) is 0 Å². The third-order valence-corrected chi connectivity index (χ3v) is 9.04. The van der Waals surface area contributed by atoms with E-state index >= 15 is 0 Å². The zero-order chi connectivity index (χ0) is 30.5. The van der Waals surface area contributed by atoms with Gasteiger partial charge in [-0.05, 0) is 86.9 Å². The predicted octanol–water partition coefficient (Wildman–Crippen LogP) is 12.7. The summed E-state index contributed by atoms with van der Waals surface area (Å²) < 4.78 is 6.38. The highest BCUT2D eigenvalue weighted by atomic mass is 16.3. The fraction of sp³-hybridized carbons (Fsp3) is 0. The van der Waals surface area contributed by atoms with Crippen LogP contribution in [0, 0.1) is 0 Å². The molecule has 2 nitrogen and oxygen atoms in total. The van der Waals surface area contributed by atoms with Crippen LogP contribution >= 0.6 is 0 Å². The quantitative estimate of drug-likeness (QED) is 0.186. The van der Waals surface area contributed by atoms with Gasteiger partial charge in [0.15, 0.2) is 0 Å². The lowest BCUT2D eigenvalue weighted by atomic mass is 9.97. The first-order valence-corrected chi connectivity index (χ1v) is 15.7. The van der Waals surface area contributed by atoms with Crippen molar-refractivity contribution in [3.05, 3.63) is 176 Å². The summed E-state index contributed by atoms with van der Waals surface area (Å²) >= 11 is 0. The van der Waals surface area contributed by atoms with Crippen LogP contribution < -0.4 is 4.90 Å². The van der Waals surface area contributed by atoms with Crippen molar-refractivity contribution in [1.29, 1.82) is 0 Å². The Hall–Kier alpha value is -6.12. The molecule has 0 unspecified atom stereocenters. The van der Waals surface area contributed by atoms with E-state index in [1.165, 1.54) is 43.8 Å². The molecular formula is C44H29NO. The van der Waals surface area contributed by atoms with Crippen molar-refractivity contribution in [1.82, 2.24) is 0 Å². The summed E-state index contributed by atoms with van der Waals surface area (Å²) in [4.78, 5) is 2.38. The van der Waals surface area contributed by atoms with Crippen LogP contribution in [0.5, 0.6) is 0 Å². The number of hydrogen-bond acceptors (Lipinski definition) is 2. The first-order chi connectivity index (χ1) is 22.8. The molecule has 2 heteroatoms. The molecule has 0 N–H and O–H groups in total. The van der Waals surface area contributed by atoms with Crippen molar-refractivity contribution < 1.29 is 4.42 Å². The normalized spacial score (nSPS) is 11.5. The molecule has 0 aliphatic heterocycles. The van der Waals surface area contributed by atoms with E-state index in [1.54, 1.807) is 0 Å². The maximum Gasteiger partial charge on any atom is 0.136 e. The van der Waals surface area contributed by atoms with E-state index in [4.69, 9.17) is 4.42 Å². The minimum atomic E-state index is 0.905. The van der Waals surface area contributed by atoms with Gasteiger partial charge in [-0.1, -0.05) is 127 Å². The number of para-hydroxylation sites is 1. The molecule has 1 heterocycles. The molecule has 9 aromatic rings. The molecule has 46 heavy (non-hydrogen) atoms. The van der Waals surface area contributed by atoms with Crippen LogP contribution in [-0.4, -0.2) is 0 Å². The predicted molar refractivity (Wildman–Crippen MR) is 194 cm³/mol. The summed E-state index contributed by atoms with van der Waals surface area (Å²) in [5, 5.41) is 7.04. The molecule has 1 aromatic heterocycles. The number of furan rings is 1. The summed E-state index contributed by atoms with van der Waals surface area (Å²) in [6.45, 7) is 0. The molecule has 0 amide bonds. The van der Waals surface area contributed by atoms with Crippen LogP contribution in [0.1, 0.15) is 0 Å². The second kappa shape index (κ2) is 10.8. The maximum atomic E-state index is 6.38. The van der Waals surface area contributed by atoms with E-state index in [0.29, 0.717) is 0 Å². The highest BCUT2D eigenvalue weighted by Crippen LogP contribution is 2.44. The molecule has 0 aliphatic rings. The van der Waals surface area contributed by atoms with Crippen LogP contribution in [0.15, 0.2) is 180 Å². The summed E-state index contributed by atoms with van der Waals surface area (Å²) in [5.74, 6) is 0. The van der Waals surface area contributed by atoms with Crippen molar-refractivity contribution >= 4 is 60.5 Å². The second-order valence-electron chi connectivity index (χ2n) is 11.8. The summed E-state index contributed by atoms with van der Waals surface area (Å²) in [5.41, 5.74) is 9.94. The zero-order valence-corrected chi connectivity index (χ0v) is 25.1. The first-order valence-electron chi connectivity index (χ1n) is 15.7. The monoisotopic (exact) mass is 587 g/mol. The number of rotatable bonds is 5. The molecule has 0 saturated carbocycles. The van der Waals surface area contributed by atoms with Gasteiger partial charge in [0.05, 0.1) is 5.69 Å². The summed E-state index contributed by atoms with van der Waals surface area (Å²) in [6.07, 6.45) is 0. The van der Waals surface area contributed by atoms with Gasteiger partial charge in [-0.2, -0.15) is 0 Å².